The van der Waals surface area contributed by atoms with Crippen molar-refractivity contribution >= 4 is 22.8 Å². The quantitative estimate of drug-likeness (QED) is 0.687. The average Bonchev–Trinajstić information content (AvgIpc) is 2.29. The Morgan fingerprint density at radius 1 is 0.556 bits per heavy atom. The Balaban J connectivity index is 0. The highest BCUT2D eigenvalue weighted by Crippen LogP contribution is 2.60. The van der Waals surface area contributed by atoms with Crippen LogP contribution in [0.2, 0.25) is 0 Å². The van der Waals surface area contributed by atoms with Crippen molar-refractivity contribution in [2.24, 2.45) is 0 Å². The smallest absolute Gasteiger partial charge is 0.312 e. The fourth-order valence-electron chi connectivity index (χ4n) is 0.411. The molecule has 0 aromatic heterocycles. The van der Waals surface area contributed by atoms with Crippen LogP contribution in [0.15, 0.2) is 0 Å². The van der Waals surface area contributed by atoms with Crippen molar-refractivity contribution < 1.29 is 36.1 Å². The largest absolute Gasteiger partial charge is 0.334 e. The highest BCUT2D eigenvalue weighted by atomic mass is 31.3. The van der Waals surface area contributed by atoms with Gasteiger partial charge in [0.25, 0.3) is 0 Å². The SMILES string of the molecule is COP(C)(=O)OC.COP(C)(=O)OP(C)(=O)OC. The summed E-state index contributed by atoms with van der Waals surface area (Å²) in [6, 6.07) is 0. The second-order valence-electron chi connectivity index (χ2n) is 3.13. The van der Waals surface area contributed by atoms with E-state index in [1.165, 1.54) is 48.4 Å². The van der Waals surface area contributed by atoms with E-state index in [2.05, 4.69) is 22.4 Å². The summed E-state index contributed by atoms with van der Waals surface area (Å²) in [7, 11) is -3.91. The Kier molecular flexibility index (Phi) is 9.96. The van der Waals surface area contributed by atoms with E-state index < -0.39 is 22.8 Å². The van der Waals surface area contributed by atoms with Gasteiger partial charge in [-0.2, -0.15) is 0 Å². The molecule has 0 heterocycles. The molecule has 0 rings (SSSR count). The highest BCUT2D eigenvalue weighted by Gasteiger charge is 2.26. The van der Waals surface area contributed by atoms with Crippen molar-refractivity contribution in [3.63, 3.8) is 0 Å². The van der Waals surface area contributed by atoms with Crippen LogP contribution in [0.1, 0.15) is 0 Å². The molecule has 18 heavy (non-hydrogen) atoms. The summed E-state index contributed by atoms with van der Waals surface area (Å²) in [6.07, 6.45) is 0. The Bertz CT molecular complexity index is 338. The van der Waals surface area contributed by atoms with Crippen LogP contribution in [0.5, 0.6) is 0 Å². The van der Waals surface area contributed by atoms with Crippen LogP contribution >= 0.6 is 22.8 Å². The molecule has 0 spiro atoms. The summed E-state index contributed by atoms with van der Waals surface area (Å²) in [4.78, 5) is 0. The fourth-order valence-corrected chi connectivity index (χ4v) is 3.25. The van der Waals surface area contributed by atoms with Crippen molar-refractivity contribution in [1.82, 2.24) is 0 Å². The minimum absolute atomic E-state index is 1.22. The van der Waals surface area contributed by atoms with Gasteiger partial charge in [-0.05, 0) is 0 Å². The number of rotatable bonds is 6. The van der Waals surface area contributed by atoms with Gasteiger partial charge in [0.1, 0.15) is 0 Å². The first kappa shape index (κ1) is 20.8. The van der Waals surface area contributed by atoms with Gasteiger partial charge in [-0.1, -0.05) is 0 Å². The Hall–Kier alpha value is 0.490. The van der Waals surface area contributed by atoms with Gasteiger partial charge in [-0.15, -0.1) is 0 Å². The number of hydrogen-bond donors (Lipinski definition) is 0. The molecule has 11 heteroatoms. The molecular formula is C7H21O8P3. The number of hydrogen-bond acceptors (Lipinski definition) is 8. The molecule has 0 bridgehead atoms. The molecule has 0 N–H and O–H groups in total. The van der Waals surface area contributed by atoms with Gasteiger partial charge in [0.15, 0.2) is 0 Å². The molecule has 0 aromatic carbocycles. The Labute approximate surface area is 108 Å². The van der Waals surface area contributed by atoms with E-state index in [4.69, 9.17) is 0 Å². The zero-order valence-corrected chi connectivity index (χ0v) is 14.3. The second-order valence-corrected chi connectivity index (χ2v) is 9.87. The van der Waals surface area contributed by atoms with Crippen molar-refractivity contribution in [2.75, 3.05) is 48.4 Å². The average molecular weight is 326 g/mol. The van der Waals surface area contributed by atoms with Gasteiger partial charge in [0.2, 0.25) is 0 Å². The van der Waals surface area contributed by atoms with E-state index in [9.17, 15) is 13.7 Å². The van der Waals surface area contributed by atoms with Crippen LogP contribution in [0.4, 0.5) is 0 Å². The summed E-state index contributed by atoms with van der Waals surface area (Å²) in [6.45, 7) is 3.86. The van der Waals surface area contributed by atoms with E-state index in [0.29, 0.717) is 0 Å². The first-order chi connectivity index (χ1) is 7.95. The van der Waals surface area contributed by atoms with Crippen molar-refractivity contribution in [3.8, 4) is 0 Å². The standard InChI is InChI=1S/C4H12O5P2.C3H9O3P/c1-7-10(3,5)9-11(4,6)8-2;1-5-7(3,4)6-2/h1-4H3;1-3H3. The Morgan fingerprint density at radius 3 is 0.889 bits per heavy atom. The first-order valence-corrected chi connectivity index (χ1v) is 10.6. The lowest BCUT2D eigenvalue weighted by molar-refractivity contribution is 0.281. The molecule has 0 aliphatic carbocycles. The van der Waals surface area contributed by atoms with E-state index in [0.717, 1.165) is 0 Å². The predicted molar refractivity (Wildman–Crippen MR) is 69.7 cm³/mol. The zero-order valence-electron chi connectivity index (χ0n) is 11.6. The van der Waals surface area contributed by atoms with Crippen LogP contribution in [0.3, 0.4) is 0 Å². The lowest BCUT2D eigenvalue weighted by atomic mass is 11.8. The lowest BCUT2D eigenvalue weighted by Crippen LogP contribution is -1.90. The lowest BCUT2D eigenvalue weighted by Gasteiger charge is -2.15. The predicted octanol–water partition coefficient (Wildman–Crippen LogP) is 3.04. The summed E-state index contributed by atoms with van der Waals surface area (Å²) in [5.74, 6) is 0. The van der Waals surface area contributed by atoms with Crippen molar-refractivity contribution in [1.29, 1.82) is 0 Å². The van der Waals surface area contributed by atoms with Crippen molar-refractivity contribution in [2.45, 2.75) is 0 Å². The summed E-state index contributed by atoms with van der Waals surface area (Å²) < 4.78 is 55.0. The van der Waals surface area contributed by atoms with Gasteiger partial charge in [-0.25, -0.2) is 4.31 Å². The van der Waals surface area contributed by atoms with Crippen LogP contribution in [0.25, 0.3) is 0 Å². The minimum Gasteiger partial charge on any atom is -0.312 e. The third-order valence-corrected chi connectivity index (χ3v) is 6.65. The minimum atomic E-state index is -3.20. The zero-order chi connectivity index (χ0) is 15.0. The third-order valence-electron chi connectivity index (χ3n) is 1.62. The van der Waals surface area contributed by atoms with Gasteiger partial charge in [-0.3, -0.25) is 13.7 Å². The highest BCUT2D eigenvalue weighted by molar-refractivity contribution is 7.66. The maximum Gasteiger partial charge on any atom is 0.334 e. The summed E-state index contributed by atoms with van der Waals surface area (Å²) in [5, 5.41) is 0. The molecule has 112 valence electrons. The molecule has 0 radical (unpaired) electrons. The Morgan fingerprint density at radius 2 is 0.778 bits per heavy atom. The summed E-state index contributed by atoms with van der Waals surface area (Å²) >= 11 is 0. The fraction of sp³-hybridized carbons (Fsp3) is 1.00. The normalized spacial score (nSPS) is 18.2. The monoisotopic (exact) mass is 326 g/mol. The third kappa shape index (κ3) is 11.6. The van der Waals surface area contributed by atoms with Crippen LogP contribution in [-0.2, 0) is 36.1 Å². The maximum absolute atomic E-state index is 11.1. The van der Waals surface area contributed by atoms with Gasteiger partial charge >= 0.3 is 22.8 Å². The molecule has 0 aromatic rings. The van der Waals surface area contributed by atoms with Gasteiger partial charge < -0.3 is 18.1 Å². The molecule has 0 saturated heterocycles. The molecule has 0 aliphatic rings. The molecule has 8 nitrogen and oxygen atoms in total. The molecule has 0 amide bonds. The molecule has 2 unspecified atom stereocenters. The molecular weight excluding hydrogens is 305 g/mol. The van der Waals surface area contributed by atoms with Crippen LogP contribution < -0.4 is 0 Å². The van der Waals surface area contributed by atoms with E-state index in [1.807, 2.05) is 0 Å². The topological polar surface area (TPSA) is 97.4 Å². The molecule has 0 saturated carbocycles. The van der Waals surface area contributed by atoms with E-state index in [-0.39, 0.29) is 0 Å². The van der Waals surface area contributed by atoms with Gasteiger partial charge in [0.05, 0.1) is 0 Å². The molecule has 0 fully saturated rings. The van der Waals surface area contributed by atoms with Crippen LogP contribution in [-0.4, -0.2) is 48.4 Å². The maximum atomic E-state index is 11.1. The van der Waals surface area contributed by atoms with Crippen molar-refractivity contribution in [3.05, 3.63) is 0 Å². The summed E-state index contributed by atoms with van der Waals surface area (Å²) in [5.41, 5.74) is 0. The van der Waals surface area contributed by atoms with E-state index >= 15 is 0 Å². The van der Waals surface area contributed by atoms with E-state index in [1.54, 1.807) is 0 Å². The molecule has 2 atom stereocenters. The second kappa shape index (κ2) is 8.62. The van der Waals surface area contributed by atoms with Gasteiger partial charge in [0, 0.05) is 48.4 Å². The first-order valence-electron chi connectivity index (χ1n) is 4.62. The molecule has 0 aliphatic heterocycles. The van der Waals surface area contributed by atoms with Crippen LogP contribution in [0, 0.1) is 0 Å².